The first-order valence-electron chi connectivity index (χ1n) is 5.30. The molecule has 1 rings (SSSR count). The Hall–Kier alpha value is -1.42. The highest BCUT2D eigenvalue weighted by Crippen LogP contribution is 2.02. The monoisotopic (exact) mass is 236 g/mol. The number of nitrogens with two attached hydrogens (primary N) is 1. The lowest BCUT2D eigenvalue weighted by atomic mass is 10.1. The quantitative estimate of drug-likeness (QED) is 0.767. The normalized spacial score (nSPS) is 11.8. The van der Waals surface area contributed by atoms with Crippen molar-refractivity contribution in [1.82, 2.24) is 5.32 Å². The topological polar surface area (TPSA) is 55.1 Å². The Bertz CT molecular complexity index is 365. The van der Waals surface area contributed by atoms with Gasteiger partial charge in [-0.15, -0.1) is 0 Å². The van der Waals surface area contributed by atoms with Crippen LogP contribution in [0.2, 0.25) is 0 Å². The smallest absolute Gasteiger partial charge is 0.251 e. The van der Waals surface area contributed by atoms with Crippen LogP contribution in [0.4, 0.5) is 0 Å². The number of thiocarbonyl (C=S) groups is 1. The van der Waals surface area contributed by atoms with Crippen LogP contribution in [-0.4, -0.2) is 16.9 Å². The van der Waals surface area contributed by atoms with Crippen molar-refractivity contribution in [3.05, 3.63) is 35.9 Å². The molecule has 0 fully saturated rings. The predicted octanol–water partition coefficient (Wildman–Crippen LogP) is 1.87. The van der Waals surface area contributed by atoms with Crippen LogP contribution in [0.25, 0.3) is 0 Å². The molecule has 86 valence electrons. The van der Waals surface area contributed by atoms with Gasteiger partial charge >= 0.3 is 0 Å². The van der Waals surface area contributed by atoms with E-state index in [1.165, 1.54) is 0 Å². The number of rotatable bonds is 5. The predicted molar refractivity (Wildman–Crippen MR) is 69.4 cm³/mol. The summed E-state index contributed by atoms with van der Waals surface area (Å²) in [6, 6.07) is 8.83. The standard InChI is InChI=1S/C12H16N2OS/c1-2-6-10(11(13)16)14-12(15)9-7-4-3-5-8-9/h3-5,7-8,10H,2,6H2,1H3,(H2,13,16)(H,14,15)/t10-/m1/s1. The molecule has 0 spiro atoms. The molecule has 1 atom stereocenters. The van der Waals surface area contributed by atoms with Crippen molar-refractivity contribution < 1.29 is 4.79 Å². The highest BCUT2D eigenvalue weighted by molar-refractivity contribution is 7.80. The molecule has 0 unspecified atom stereocenters. The minimum Gasteiger partial charge on any atom is -0.392 e. The van der Waals surface area contributed by atoms with E-state index >= 15 is 0 Å². The summed E-state index contributed by atoms with van der Waals surface area (Å²) in [6.45, 7) is 2.03. The third-order valence-electron chi connectivity index (χ3n) is 2.26. The zero-order valence-electron chi connectivity index (χ0n) is 9.27. The van der Waals surface area contributed by atoms with E-state index in [-0.39, 0.29) is 11.9 Å². The van der Waals surface area contributed by atoms with E-state index in [4.69, 9.17) is 18.0 Å². The van der Waals surface area contributed by atoms with Crippen LogP contribution in [0.3, 0.4) is 0 Å². The van der Waals surface area contributed by atoms with Crippen LogP contribution < -0.4 is 11.1 Å². The second kappa shape index (κ2) is 6.23. The second-order valence-electron chi connectivity index (χ2n) is 3.58. The maximum atomic E-state index is 11.8. The van der Waals surface area contributed by atoms with Gasteiger partial charge in [-0.3, -0.25) is 4.79 Å². The first-order chi connectivity index (χ1) is 7.65. The minimum absolute atomic E-state index is 0.133. The Balaban J connectivity index is 2.65. The molecular formula is C12H16N2OS. The molecule has 0 aromatic heterocycles. The van der Waals surface area contributed by atoms with Gasteiger partial charge in [0.15, 0.2) is 0 Å². The molecule has 3 nitrogen and oxygen atoms in total. The molecule has 1 amide bonds. The maximum absolute atomic E-state index is 11.8. The van der Waals surface area contributed by atoms with Gasteiger partial charge in [-0.05, 0) is 18.6 Å². The number of benzene rings is 1. The molecule has 0 saturated carbocycles. The molecule has 0 saturated heterocycles. The second-order valence-corrected chi connectivity index (χ2v) is 4.05. The summed E-state index contributed by atoms with van der Waals surface area (Å²) in [7, 11) is 0. The van der Waals surface area contributed by atoms with E-state index in [1.54, 1.807) is 12.1 Å². The maximum Gasteiger partial charge on any atom is 0.251 e. The van der Waals surface area contributed by atoms with Gasteiger partial charge in [0.2, 0.25) is 0 Å². The molecular weight excluding hydrogens is 220 g/mol. The molecule has 1 aromatic rings. The van der Waals surface area contributed by atoms with Gasteiger partial charge < -0.3 is 11.1 Å². The van der Waals surface area contributed by atoms with Crippen molar-refractivity contribution in [3.8, 4) is 0 Å². The molecule has 1 aromatic carbocycles. The summed E-state index contributed by atoms with van der Waals surface area (Å²) in [4.78, 5) is 12.1. The van der Waals surface area contributed by atoms with Crippen molar-refractivity contribution in [2.24, 2.45) is 5.73 Å². The molecule has 16 heavy (non-hydrogen) atoms. The molecule has 0 bridgehead atoms. The SMILES string of the molecule is CCC[C@@H](NC(=O)c1ccccc1)C(N)=S. The van der Waals surface area contributed by atoms with Crippen molar-refractivity contribution in [1.29, 1.82) is 0 Å². The Morgan fingerprint density at radius 3 is 2.56 bits per heavy atom. The minimum atomic E-state index is -0.215. The fraction of sp³-hybridized carbons (Fsp3) is 0.333. The average molecular weight is 236 g/mol. The molecule has 0 heterocycles. The lowest BCUT2D eigenvalue weighted by molar-refractivity contribution is 0.0945. The van der Waals surface area contributed by atoms with Gasteiger partial charge in [-0.25, -0.2) is 0 Å². The fourth-order valence-corrected chi connectivity index (χ4v) is 1.58. The highest BCUT2D eigenvalue weighted by atomic mass is 32.1. The zero-order valence-corrected chi connectivity index (χ0v) is 10.1. The van der Waals surface area contributed by atoms with E-state index < -0.39 is 0 Å². The van der Waals surface area contributed by atoms with Crippen LogP contribution in [-0.2, 0) is 0 Å². The summed E-state index contributed by atoms with van der Waals surface area (Å²) < 4.78 is 0. The summed E-state index contributed by atoms with van der Waals surface area (Å²) >= 11 is 4.91. The molecule has 0 aliphatic rings. The van der Waals surface area contributed by atoms with Crippen LogP contribution in [0.5, 0.6) is 0 Å². The Morgan fingerprint density at radius 1 is 1.44 bits per heavy atom. The van der Waals surface area contributed by atoms with Crippen LogP contribution in [0.1, 0.15) is 30.1 Å². The zero-order chi connectivity index (χ0) is 12.0. The highest BCUT2D eigenvalue weighted by Gasteiger charge is 2.14. The number of hydrogen-bond donors (Lipinski definition) is 2. The lowest BCUT2D eigenvalue weighted by Crippen LogP contribution is -2.43. The Labute approximate surface area is 101 Å². The Kier molecular flexibility index (Phi) is 4.92. The first kappa shape index (κ1) is 12.6. The van der Waals surface area contributed by atoms with Gasteiger partial charge in [0.1, 0.15) is 0 Å². The van der Waals surface area contributed by atoms with E-state index in [1.807, 2.05) is 25.1 Å². The number of amides is 1. The summed E-state index contributed by atoms with van der Waals surface area (Å²) in [5, 5.41) is 2.83. The number of hydrogen-bond acceptors (Lipinski definition) is 2. The number of nitrogens with one attached hydrogen (secondary N) is 1. The first-order valence-corrected chi connectivity index (χ1v) is 5.71. The molecule has 0 aliphatic carbocycles. The average Bonchev–Trinajstić information content (AvgIpc) is 2.29. The van der Waals surface area contributed by atoms with Crippen molar-refractivity contribution in [2.45, 2.75) is 25.8 Å². The van der Waals surface area contributed by atoms with Crippen LogP contribution in [0, 0.1) is 0 Å². The van der Waals surface area contributed by atoms with E-state index in [0.717, 1.165) is 12.8 Å². The van der Waals surface area contributed by atoms with Gasteiger partial charge in [-0.2, -0.15) is 0 Å². The van der Waals surface area contributed by atoms with Crippen LogP contribution >= 0.6 is 12.2 Å². The van der Waals surface area contributed by atoms with Gasteiger partial charge in [0, 0.05) is 5.56 Å². The summed E-state index contributed by atoms with van der Waals surface area (Å²) in [5.41, 5.74) is 6.19. The summed E-state index contributed by atoms with van der Waals surface area (Å²) in [5.74, 6) is -0.133. The molecule has 3 N–H and O–H groups in total. The fourth-order valence-electron chi connectivity index (χ4n) is 1.41. The summed E-state index contributed by atoms with van der Waals surface area (Å²) in [6.07, 6.45) is 1.70. The van der Waals surface area contributed by atoms with Crippen molar-refractivity contribution in [2.75, 3.05) is 0 Å². The lowest BCUT2D eigenvalue weighted by Gasteiger charge is -2.16. The van der Waals surface area contributed by atoms with E-state index in [2.05, 4.69) is 5.32 Å². The van der Waals surface area contributed by atoms with E-state index in [9.17, 15) is 4.79 Å². The largest absolute Gasteiger partial charge is 0.392 e. The third-order valence-corrected chi connectivity index (χ3v) is 2.55. The Morgan fingerprint density at radius 2 is 2.06 bits per heavy atom. The van der Waals surface area contributed by atoms with Crippen LogP contribution in [0.15, 0.2) is 30.3 Å². The van der Waals surface area contributed by atoms with Gasteiger partial charge in [-0.1, -0.05) is 43.8 Å². The van der Waals surface area contributed by atoms with Gasteiger partial charge in [0.05, 0.1) is 11.0 Å². The molecule has 0 aliphatic heterocycles. The molecule has 0 radical (unpaired) electrons. The number of carbonyl (C=O) groups excluding carboxylic acids is 1. The number of carbonyl (C=O) groups is 1. The van der Waals surface area contributed by atoms with E-state index in [0.29, 0.717) is 10.6 Å². The third kappa shape index (κ3) is 3.62. The van der Waals surface area contributed by atoms with Crippen molar-refractivity contribution >= 4 is 23.1 Å². The van der Waals surface area contributed by atoms with Gasteiger partial charge in [0.25, 0.3) is 5.91 Å². The van der Waals surface area contributed by atoms with Crippen molar-refractivity contribution in [3.63, 3.8) is 0 Å². The molecule has 4 heteroatoms.